The third-order valence-corrected chi connectivity index (χ3v) is 5.45. The Kier molecular flexibility index (Phi) is 5.94. The first-order chi connectivity index (χ1) is 13.2. The summed E-state index contributed by atoms with van der Waals surface area (Å²) in [6.07, 6.45) is 5.85. The maximum atomic E-state index is 13.4. The van der Waals surface area contributed by atoms with E-state index < -0.39 is 0 Å². The van der Waals surface area contributed by atoms with Crippen LogP contribution in [0.4, 0.5) is 0 Å². The summed E-state index contributed by atoms with van der Waals surface area (Å²) >= 11 is 0. The zero-order valence-electron chi connectivity index (χ0n) is 17.9. The minimum absolute atomic E-state index is 0.000556. The summed E-state index contributed by atoms with van der Waals surface area (Å²) < 4.78 is 1.78. The van der Waals surface area contributed by atoms with Gasteiger partial charge < -0.3 is 10.2 Å². The van der Waals surface area contributed by atoms with Crippen LogP contribution in [0.2, 0.25) is 0 Å². The van der Waals surface area contributed by atoms with Crippen molar-refractivity contribution in [3.8, 4) is 5.69 Å². The molecule has 1 amide bonds. The van der Waals surface area contributed by atoms with Gasteiger partial charge >= 0.3 is 0 Å². The molecule has 5 nitrogen and oxygen atoms in total. The van der Waals surface area contributed by atoms with E-state index in [4.69, 9.17) is 0 Å². The predicted molar refractivity (Wildman–Crippen MR) is 114 cm³/mol. The van der Waals surface area contributed by atoms with Gasteiger partial charge in [-0.2, -0.15) is 5.10 Å². The molecule has 0 aliphatic carbocycles. The molecule has 5 heteroatoms. The Balaban J connectivity index is 1.85. The highest BCUT2D eigenvalue weighted by atomic mass is 16.2. The van der Waals surface area contributed by atoms with E-state index in [1.54, 1.807) is 4.68 Å². The molecule has 2 heterocycles. The second kappa shape index (κ2) is 8.08. The largest absolute Gasteiger partial charge is 0.334 e. The number of rotatable bonds is 6. The molecule has 1 aromatic carbocycles. The van der Waals surface area contributed by atoms with E-state index in [-0.39, 0.29) is 23.0 Å². The van der Waals surface area contributed by atoms with Crippen LogP contribution in [0.15, 0.2) is 42.6 Å². The van der Waals surface area contributed by atoms with Gasteiger partial charge in [0.05, 0.1) is 5.69 Å². The fourth-order valence-electron chi connectivity index (χ4n) is 4.58. The zero-order chi connectivity index (χ0) is 20.4. The van der Waals surface area contributed by atoms with Crippen LogP contribution in [0.5, 0.6) is 0 Å². The first kappa shape index (κ1) is 20.6. The number of hydrogen-bond acceptors (Lipinski definition) is 3. The number of amides is 1. The van der Waals surface area contributed by atoms with Gasteiger partial charge in [0.1, 0.15) is 0 Å². The van der Waals surface area contributed by atoms with Crippen LogP contribution in [-0.4, -0.2) is 44.3 Å². The number of para-hydroxylation sites is 1. The van der Waals surface area contributed by atoms with Crippen molar-refractivity contribution in [3.05, 3.63) is 48.3 Å². The van der Waals surface area contributed by atoms with E-state index in [1.165, 1.54) is 0 Å². The topological polar surface area (TPSA) is 50.2 Å². The second-order valence-electron chi connectivity index (χ2n) is 9.29. The number of carbonyl (C=O) groups is 1. The molecule has 0 atom stereocenters. The number of benzene rings is 1. The van der Waals surface area contributed by atoms with Gasteiger partial charge in [0.2, 0.25) is 0 Å². The van der Waals surface area contributed by atoms with E-state index >= 15 is 0 Å². The lowest BCUT2D eigenvalue weighted by molar-refractivity contribution is 0.0436. The number of carbonyl (C=O) groups excluding carboxylic acids is 1. The lowest BCUT2D eigenvalue weighted by Crippen LogP contribution is -2.63. The van der Waals surface area contributed by atoms with Gasteiger partial charge in [-0.25, -0.2) is 4.68 Å². The van der Waals surface area contributed by atoms with Crippen molar-refractivity contribution in [1.29, 1.82) is 0 Å². The van der Waals surface area contributed by atoms with Gasteiger partial charge in [-0.05, 0) is 65.2 Å². The predicted octanol–water partition coefficient (Wildman–Crippen LogP) is 4.42. The fourth-order valence-corrected chi connectivity index (χ4v) is 4.58. The Hall–Kier alpha value is -2.14. The first-order valence-electron chi connectivity index (χ1n) is 10.4. The summed E-state index contributed by atoms with van der Waals surface area (Å²) in [5.74, 6) is 0.0432. The molecule has 1 aromatic heterocycles. The molecule has 1 N–H and O–H groups in total. The van der Waals surface area contributed by atoms with Crippen LogP contribution in [-0.2, 0) is 0 Å². The maximum Gasteiger partial charge on any atom is 0.274 e. The average molecular weight is 383 g/mol. The molecule has 152 valence electrons. The van der Waals surface area contributed by atoms with Gasteiger partial charge in [0.15, 0.2) is 5.69 Å². The van der Waals surface area contributed by atoms with Gasteiger partial charge in [-0.3, -0.25) is 4.79 Å². The minimum atomic E-state index is 0.000556. The van der Waals surface area contributed by atoms with Gasteiger partial charge in [-0.15, -0.1) is 0 Å². The Bertz CT molecular complexity index is 778. The molecule has 1 fully saturated rings. The molecule has 3 rings (SSSR count). The highest BCUT2D eigenvalue weighted by Crippen LogP contribution is 2.32. The Morgan fingerprint density at radius 2 is 1.79 bits per heavy atom. The monoisotopic (exact) mass is 382 g/mol. The van der Waals surface area contributed by atoms with Gasteiger partial charge in [-0.1, -0.05) is 31.5 Å². The van der Waals surface area contributed by atoms with Crippen LogP contribution in [0.1, 0.15) is 70.8 Å². The molecular weight excluding hydrogens is 348 g/mol. The zero-order valence-corrected chi connectivity index (χ0v) is 17.9. The SMILES string of the molecule is CCCCN(C(=O)c1ccn(-c2ccccc2)n1)C1CC(C)(C)NC(C)(C)C1. The van der Waals surface area contributed by atoms with Crippen LogP contribution in [0.3, 0.4) is 0 Å². The molecule has 2 aromatic rings. The van der Waals surface area contributed by atoms with Crippen LogP contribution >= 0.6 is 0 Å². The number of piperidine rings is 1. The van der Waals surface area contributed by atoms with Crippen LogP contribution < -0.4 is 5.32 Å². The summed E-state index contributed by atoms with van der Waals surface area (Å²) in [5, 5.41) is 8.31. The van der Waals surface area contributed by atoms with E-state index in [0.29, 0.717) is 5.69 Å². The normalized spacial score (nSPS) is 18.8. The molecule has 1 aliphatic heterocycles. The van der Waals surface area contributed by atoms with Gasteiger partial charge in [0.25, 0.3) is 5.91 Å². The van der Waals surface area contributed by atoms with E-state index in [1.807, 2.05) is 42.6 Å². The molecule has 0 bridgehead atoms. The quantitative estimate of drug-likeness (QED) is 0.804. The van der Waals surface area contributed by atoms with Crippen molar-refractivity contribution >= 4 is 5.91 Å². The lowest BCUT2D eigenvalue weighted by Gasteiger charge is -2.49. The first-order valence-corrected chi connectivity index (χ1v) is 10.4. The molecule has 0 spiro atoms. The lowest BCUT2D eigenvalue weighted by atomic mass is 9.79. The number of aromatic nitrogens is 2. The van der Waals surface area contributed by atoms with Gasteiger partial charge in [0, 0.05) is 29.9 Å². The summed E-state index contributed by atoms with van der Waals surface area (Å²) in [7, 11) is 0. The van der Waals surface area contributed by atoms with Crippen molar-refractivity contribution < 1.29 is 4.79 Å². The van der Waals surface area contributed by atoms with Crippen molar-refractivity contribution in [2.24, 2.45) is 0 Å². The average Bonchev–Trinajstić information content (AvgIpc) is 3.10. The molecule has 0 saturated carbocycles. The smallest absolute Gasteiger partial charge is 0.274 e. The Labute approximate surface area is 169 Å². The highest BCUT2D eigenvalue weighted by molar-refractivity contribution is 5.92. The summed E-state index contributed by atoms with van der Waals surface area (Å²) in [6, 6.07) is 12.0. The second-order valence-corrected chi connectivity index (χ2v) is 9.29. The summed E-state index contributed by atoms with van der Waals surface area (Å²) in [4.78, 5) is 15.5. The third-order valence-electron chi connectivity index (χ3n) is 5.45. The van der Waals surface area contributed by atoms with Crippen molar-refractivity contribution in [2.45, 2.75) is 77.4 Å². The molecule has 1 aliphatic rings. The minimum Gasteiger partial charge on any atom is -0.334 e. The number of hydrogen-bond donors (Lipinski definition) is 1. The molecular formula is C23H34N4O. The summed E-state index contributed by atoms with van der Waals surface area (Å²) in [5.41, 5.74) is 1.49. The number of unbranched alkanes of at least 4 members (excludes halogenated alkanes) is 1. The Morgan fingerprint density at radius 1 is 1.14 bits per heavy atom. The standard InChI is InChI=1S/C23H34N4O/c1-6-7-14-26(19-16-22(2,3)25-23(4,5)17-19)21(28)20-13-15-27(24-20)18-11-9-8-10-12-18/h8-13,15,19,25H,6-7,14,16-17H2,1-5H3. The Morgan fingerprint density at radius 3 is 2.39 bits per heavy atom. The van der Waals surface area contributed by atoms with Crippen molar-refractivity contribution in [3.63, 3.8) is 0 Å². The van der Waals surface area contributed by atoms with Crippen molar-refractivity contribution in [2.75, 3.05) is 6.54 Å². The van der Waals surface area contributed by atoms with E-state index in [9.17, 15) is 4.79 Å². The maximum absolute atomic E-state index is 13.4. The van der Waals surface area contributed by atoms with E-state index in [2.05, 4.69) is 49.9 Å². The fraction of sp³-hybridized carbons (Fsp3) is 0.565. The summed E-state index contributed by atoms with van der Waals surface area (Å²) in [6.45, 7) is 11.9. The highest BCUT2D eigenvalue weighted by Gasteiger charge is 2.41. The van der Waals surface area contributed by atoms with Crippen LogP contribution in [0, 0.1) is 0 Å². The molecule has 0 unspecified atom stereocenters. The molecule has 28 heavy (non-hydrogen) atoms. The number of nitrogens with zero attached hydrogens (tertiary/aromatic N) is 3. The van der Waals surface area contributed by atoms with Crippen LogP contribution in [0.25, 0.3) is 5.69 Å². The molecule has 0 radical (unpaired) electrons. The number of nitrogens with one attached hydrogen (secondary N) is 1. The third kappa shape index (κ3) is 4.82. The van der Waals surface area contributed by atoms with E-state index in [0.717, 1.165) is 37.9 Å². The molecule has 1 saturated heterocycles. The van der Waals surface area contributed by atoms with Crippen molar-refractivity contribution in [1.82, 2.24) is 20.0 Å².